The summed E-state index contributed by atoms with van der Waals surface area (Å²) in [4.78, 5) is 25.5. The van der Waals surface area contributed by atoms with Crippen molar-refractivity contribution in [2.45, 2.75) is 33.7 Å². The van der Waals surface area contributed by atoms with E-state index in [4.69, 9.17) is 9.47 Å². The van der Waals surface area contributed by atoms with Crippen molar-refractivity contribution >= 4 is 23.8 Å². The number of benzene rings is 2. The van der Waals surface area contributed by atoms with E-state index >= 15 is 0 Å². The maximum absolute atomic E-state index is 12.0. The molecule has 3 aromatic rings. The van der Waals surface area contributed by atoms with Crippen molar-refractivity contribution in [2.75, 3.05) is 62.0 Å². The Bertz CT molecular complexity index is 1110. The van der Waals surface area contributed by atoms with Crippen LogP contribution >= 0.6 is 0 Å². The van der Waals surface area contributed by atoms with Crippen LogP contribution in [0, 0.1) is 12.8 Å². The van der Waals surface area contributed by atoms with Crippen molar-refractivity contribution < 1.29 is 14.3 Å². The van der Waals surface area contributed by atoms with Crippen molar-refractivity contribution in [3.05, 3.63) is 71.3 Å². The standard InChI is InChI=1S/C29H41N7O3/c1-22(2)13-14-31-27-34-28(36-29(35-27)33-21-24-11-9-23(3)10-12-24)32-16-18-39-20-19-38-17-15-30-26(37)25-7-5-4-6-8-25/h4-12,22H,13-21H2,1-3H3,(H,30,37)(H3,31,32,33,34,35,36). The molecule has 0 radical (unpaired) electrons. The molecule has 0 saturated carbocycles. The number of nitrogens with one attached hydrogen (secondary N) is 4. The average molecular weight is 536 g/mol. The van der Waals surface area contributed by atoms with Gasteiger partial charge in [0.15, 0.2) is 0 Å². The van der Waals surface area contributed by atoms with E-state index in [-0.39, 0.29) is 5.91 Å². The van der Waals surface area contributed by atoms with E-state index in [1.54, 1.807) is 12.1 Å². The summed E-state index contributed by atoms with van der Waals surface area (Å²) in [5.74, 6) is 2.01. The number of anilines is 3. The monoisotopic (exact) mass is 535 g/mol. The fraction of sp³-hybridized carbons (Fsp3) is 0.448. The third-order valence-electron chi connectivity index (χ3n) is 5.68. The van der Waals surface area contributed by atoms with Crippen molar-refractivity contribution in [1.82, 2.24) is 20.3 Å². The zero-order valence-electron chi connectivity index (χ0n) is 23.2. The van der Waals surface area contributed by atoms with Gasteiger partial charge in [-0.15, -0.1) is 0 Å². The lowest BCUT2D eigenvalue weighted by Gasteiger charge is -2.12. The molecule has 0 aliphatic carbocycles. The molecule has 39 heavy (non-hydrogen) atoms. The Labute approximate surface area is 231 Å². The van der Waals surface area contributed by atoms with Gasteiger partial charge in [0, 0.05) is 31.7 Å². The number of rotatable bonds is 18. The van der Waals surface area contributed by atoms with Gasteiger partial charge < -0.3 is 30.7 Å². The first-order chi connectivity index (χ1) is 19.0. The smallest absolute Gasteiger partial charge is 0.251 e. The maximum atomic E-state index is 12.0. The molecule has 0 spiro atoms. The fourth-order valence-corrected chi connectivity index (χ4v) is 3.46. The number of amides is 1. The molecular formula is C29H41N7O3. The minimum absolute atomic E-state index is 0.105. The number of ether oxygens (including phenoxy) is 2. The molecule has 0 aliphatic rings. The van der Waals surface area contributed by atoms with Crippen LogP contribution in [0.5, 0.6) is 0 Å². The van der Waals surface area contributed by atoms with Gasteiger partial charge in [-0.3, -0.25) is 4.79 Å². The molecule has 4 N–H and O–H groups in total. The van der Waals surface area contributed by atoms with Crippen molar-refractivity contribution in [3.63, 3.8) is 0 Å². The molecule has 0 unspecified atom stereocenters. The molecule has 1 heterocycles. The van der Waals surface area contributed by atoms with Gasteiger partial charge >= 0.3 is 0 Å². The first-order valence-electron chi connectivity index (χ1n) is 13.5. The van der Waals surface area contributed by atoms with E-state index in [2.05, 4.69) is 81.3 Å². The molecule has 10 nitrogen and oxygen atoms in total. The number of hydrogen-bond acceptors (Lipinski definition) is 9. The van der Waals surface area contributed by atoms with Gasteiger partial charge in [0.1, 0.15) is 0 Å². The molecule has 2 aromatic carbocycles. The summed E-state index contributed by atoms with van der Waals surface area (Å²) in [6.07, 6.45) is 1.02. The minimum atomic E-state index is -0.105. The number of carbonyl (C=O) groups excluding carboxylic acids is 1. The third-order valence-corrected chi connectivity index (χ3v) is 5.68. The second kappa shape index (κ2) is 17.0. The highest BCUT2D eigenvalue weighted by Crippen LogP contribution is 2.12. The number of aromatic nitrogens is 3. The molecule has 0 atom stereocenters. The van der Waals surface area contributed by atoms with Crippen LogP contribution in [-0.2, 0) is 16.0 Å². The van der Waals surface area contributed by atoms with Crippen molar-refractivity contribution in [3.8, 4) is 0 Å². The number of nitrogens with zero attached hydrogens (tertiary/aromatic N) is 3. The van der Waals surface area contributed by atoms with Gasteiger partial charge in [0.25, 0.3) is 5.91 Å². The molecule has 1 amide bonds. The summed E-state index contributed by atoms with van der Waals surface area (Å²) < 4.78 is 11.2. The predicted molar refractivity (Wildman–Crippen MR) is 155 cm³/mol. The van der Waals surface area contributed by atoms with Crippen molar-refractivity contribution in [2.24, 2.45) is 5.92 Å². The highest BCUT2D eigenvalue weighted by Gasteiger charge is 2.07. The summed E-state index contributed by atoms with van der Waals surface area (Å²) in [7, 11) is 0. The SMILES string of the molecule is Cc1ccc(CNc2nc(NCCOCCOCCNC(=O)c3ccccc3)nc(NCCC(C)C)n2)cc1. The molecule has 1 aromatic heterocycles. The summed E-state index contributed by atoms with van der Waals surface area (Å²) >= 11 is 0. The largest absolute Gasteiger partial charge is 0.377 e. The van der Waals surface area contributed by atoms with Gasteiger partial charge in [-0.25, -0.2) is 0 Å². The Kier molecular flexibility index (Phi) is 12.9. The van der Waals surface area contributed by atoms with Gasteiger partial charge in [-0.2, -0.15) is 15.0 Å². The first kappa shape index (κ1) is 29.8. The molecule has 0 aliphatic heterocycles. The van der Waals surface area contributed by atoms with E-state index in [1.165, 1.54) is 5.56 Å². The molecule has 0 saturated heterocycles. The van der Waals surface area contributed by atoms with Crippen LogP contribution in [0.1, 0.15) is 41.8 Å². The van der Waals surface area contributed by atoms with Gasteiger partial charge in [-0.05, 0) is 37.0 Å². The second-order valence-corrected chi connectivity index (χ2v) is 9.53. The highest BCUT2D eigenvalue weighted by molar-refractivity contribution is 5.94. The summed E-state index contributed by atoms with van der Waals surface area (Å²) in [5.41, 5.74) is 3.02. The van der Waals surface area contributed by atoms with Gasteiger partial charge in [-0.1, -0.05) is 61.9 Å². The van der Waals surface area contributed by atoms with Gasteiger partial charge in [0.2, 0.25) is 17.8 Å². The van der Waals surface area contributed by atoms with Gasteiger partial charge in [0.05, 0.1) is 26.4 Å². The topological polar surface area (TPSA) is 122 Å². The zero-order chi connectivity index (χ0) is 27.7. The summed E-state index contributed by atoms with van der Waals surface area (Å²) in [5, 5.41) is 12.6. The third kappa shape index (κ3) is 12.1. The van der Waals surface area contributed by atoms with E-state index in [9.17, 15) is 4.79 Å². The Morgan fingerprint density at radius 2 is 1.33 bits per heavy atom. The van der Waals surface area contributed by atoms with Crippen LogP contribution in [0.4, 0.5) is 17.8 Å². The fourth-order valence-electron chi connectivity index (χ4n) is 3.46. The number of hydrogen-bond donors (Lipinski definition) is 4. The average Bonchev–Trinajstić information content (AvgIpc) is 2.94. The lowest BCUT2D eigenvalue weighted by atomic mass is 10.1. The Morgan fingerprint density at radius 3 is 1.97 bits per heavy atom. The Morgan fingerprint density at radius 1 is 0.744 bits per heavy atom. The van der Waals surface area contributed by atoms with E-state index in [1.807, 2.05) is 18.2 Å². The first-order valence-corrected chi connectivity index (χ1v) is 13.5. The number of carbonyl (C=O) groups is 1. The lowest BCUT2D eigenvalue weighted by Crippen LogP contribution is -2.27. The van der Waals surface area contributed by atoms with Crippen LogP contribution in [0.2, 0.25) is 0 Å². The molecule has 3 rings (SSSR count). The lowest BCUT2D eigenvalue weighted by molar-refractivity contribution is 0.0519. The van der Waals surface area contributed by atoms with E-state index < -0.39 is 0 Å². The molecule has 0 fully saturated rings. The normalized spacial score (nSPS) is 10.9. The highest BCUT2D eigenvalue weighted by atomic mass is 16.5. The van der Waals surface area contributed by atoms with Crippen LogP contribution in [0.3, 0.4) is 0 Å². The molecule has 0 bridgehead atoms. The second-order valence-electron chi connectivity index (χ2n) is 9.53. The quantitative estimate of drug-likeness (QED) is 0.178. The predicted octanol–water partition coefficient (Wildman–Crippen LogP) is 4.13. The van der Waals surface area contributed by atoms with Crippen LogP contribution in [0.25, 0.3) is 0 Å². The maximum Gasteiger partial charge on any atom is 0.251 e. The number of aryl methyl sites for hydroxylation is 1. The molecular weight excluding hydrogens is 494 g/mol. The zero-order valence-corrected chi connectivity index (χ0v) is 23.2. The molecule has 10 heteroatoms. The van der Waals surface area contributed by atoms with Crippen LogP contribution < -0.4 is 21.3 Å². The van der Waals surface area contributed by atoms with E-state index in [0.29, 0.717) is 75.4 Å². The molecule has 210 valence electrons. The summed E-state index contributed by atoms with van der Waals surface area (Å²) in [6.45, 7) is 10.6. The van der Waals surface area contributed by atoms with Crippen LogP contribution in [-0.4, -0.2) is 66.9 Å². The Hall–Kier alpha value is -3.76. The Balaban J connectivity index is 1.35. The van der Waals surface area contributed by atoms with E-state index in [0.717, 1.165) is 18.5 Å². The van der Waals surface area contributed by atoms with Crippen LogP contribution in [0.15, 0.2) is 54.6 Å². The minimum Gasteiger partial charge on any atom is -0.377 e. The van der Waals surface area contributed by atoms with Crippen molar-refractivity contribution in [1.29, 1.82) is 0 Å². The summed E-state index contributed by atoms with van der Waals surface area (Å²) in [6, 6.07) is 17.5.